The van der Waals surface area contributed by atoms with Crippen molar-refractivity contribution in [1.29, 1.82) is 0 Å². The number of ether oxygens (including phenoxy) is 1. The van der Waals surface area contributed by atoms with Gasteiger partial charge in [-0.2, -0.15) is 0 Å². The smallest absolute Gasteiger partial charge is 0.251 e. The lowest BCUT2D eigenvalue weighted by Crippen LogP contribution is -2.54. The van der Waals surface area contributed by atoms with Crippen LogP contribution in [0, 0.1) is 0 Å². The van der Waals surface area contributed by atoms with Gasteiger partial charge in [0.15, 0.2) is 0 Å². The predicted octanol–water partition coefficient (Wildman–Crippen LogP) is 4.28. The highest BCUT2D eigenvalue weighted by atomic mass is 16.5. The van der Waals surface area contributed by atoms with Gasteiger partial charge in [0.05, 0.1) is 18.8 Å². The highest BCUT2D eigenvalue weighted by molar-refractivity contribution is 5.94. The summed E-state index contributed by atoms with van der Waals surface area (Å²) in [6.07, 6.45) is 0.806. The molecule has 1 saturated heterocycles. The molecule has 4 rings (SSSR count). The molecule has 0 radical (unpaired) electrons. The Bertz CT molecular complexity index is 916. The van der Waals surface area contributed by atoms with E-state index in [4.69, 9.17) is 4.74 Å². The number of likely N-dealkylation sites (tertiary alicyclic amines) is 1. The van der Waals surface area contributed by atoms with Crippen molar-refractivity contribution in [3.8, 4) is 0 Å². The Morgan fingerprint density at radius 1 is 0.867 bits per heavy atom. The number of benzene rings is 3. The van der Waals surface area contributed by atoms with E-state index in [9.17, 15) is 4.79 Å². The number of hydrogen-bond acceptors (Lipinski definition) is 3. The minimum Gasteiger partial charge on any atom is -0.370 e. The number of hydrogen-bond donors (Lipinski definition) is 1. The van der Waals surface area contributed by atoms with E-state index in [0.717, 1.165) is 31.6 Å². The Labute approximate surface area is 178 Å². The van der Waals surface area contributed by atoms with Gasteiger partial charge in [-0.15, -0.1) is 0 Å². The minimum atomic E-state index is -0.0599. The molecule has 1 heterocycles. The molecule has 1 aliphatic rings. The maximum atomic E-state index is 12.7. The summed E-state index contributed by atoms with van der Waals surface area (Å²) in [6.45, 7) is 3.16. The normalized spacial score (nSPS) is 19.3. The van der Waals surface area contributed by atoms with Gasteiger partial charge in [0.25, 0.3) is 5.91 Å². The van der Waals surface area contributed by atoms with E-state index >= 15 is 0 Å². The lowest BCUT2D eigenvalue weighted by molar-refractivity contribution is -0.0315. The zero-order valence-corrected chi connectivity index (χ0v) is 17.1. The third kappa shape index (κ3) is 5.56. The standard InChI is InChI=1S/C26H28N2O2/c29-26(23-14-8-3-9-15-23)27-24-16-17-28(18-21-10-4-1-5-11-21)19-25(24)30-20-22-12-6-2-7-13-22/h1-15,24-25H,16-20H2,(H,27,29)/t24-,25+/m1/s1. The van der Waals surface area contributed by atoms with E-state index in [-0.39, 0.29) is 18.1 Å². The van der Waals surface area contributed by atoms with Gasteiger partial charge in [-0.25, -0.2) is 0 Å². The van der Waals surface area contributed by atoms with Crippen LogP contribution in [0.25, 0.3) is 0 Å². The Morgan fingerprint density at radius 2 is 1.47 bits per heavy atom. The Kier molecular flexibility index (Phi) is 6.91. The topological polar surface area (TPSA) is 41.6 Å². The summed E-state index contributed by atoms with van der Waals surface area (Å²) in [5, 5.41) is 3.22. The number of piperidine rings is 1. The van der Waals surface area contributed by atoms with Crippen LogP contribution in [0.4, 0.5) is 0 Å². The molecule has 3 aromatic carbocycles. The molecule has 0 spiro atoms. The van der Waals surface area contributed by atoms with Crippen molar-refractivity contribution in [3.05, 3.63) is 108 Å². The van der Waals surface area contributed by atoms with Crippen LogP contribution in [-0.4, -0.2) is 36.0 Å². The van der Waals surface area contributed by atoms with Crippen molar-refractivity contribution < 1.29 is 9.53 Å². The minimum absolute atomic E-state index is 0.00607. The van der Waals surface area contributed by atoms with Crippen LogP contribution in [0.15, 0.2) is 91.0 Å². The molecule has 0 aliphatic carbocycles. The molecule has 0 aromatic heterocycles. The first-order chi connectivity index (χ1) is 14.8. The zero-order chi connectivity index (χ0) is 20.6. The molecule has 1 amide bonds. The molecule has 0 bridgehead atoms. The molecular formula is C26H28N2O2. The highest BCUT2D eigenvalue weighted by Crippen LogP contribution is 2.19. The summed E-state index contributed by atoms with van der Waals surface area (Å²) in [5.41, 5.74) is 3.13. The van der Waals surface area contributed by atoms with Crippen LogP contribution >= 0.6 is 0 Å². The first kappa shape index (κ1) is 20.3. The van der Waals surface area contributed by atoms with Gasteiger partial charge in [0, 0.05) is 25.2 Å². The van der Waals surface area contributed by atoms with Crippen molar-refractivity contribution in [2.75, 3.05) is 13.1 Å². The van der Waals surface area contributed by atoms with Crippen LogP contribution in [0.1, 0.15) is 27.9 Å². The number of rotatable bonds is 7. The second kappa shape index (κ2) is 10.2. The van der Waals surface area contributed by atoms with Crippen molar-refractivity contribution in [2.45, 2.75) is 31.7 Å². The predicted molar refractivity (Wildman–Crippen MR) is 119 cm³/mol. The number of nitrogens with one attached hydrogen (secondary N) is 1. The summed E-state index contributed by atoms with van der Waals surface area (Å²) in [5.74, 6) is -0.0366. The molecule has 1 fully saturated rings. The lowest BCUT2D eigenvalue weighted by atomic mass is 10.00. The second-order valence-corrected chi connectivity index (χ2v) is 7.79. The number of nitrogens with zero attached hydrogens (tertiary/aromatic N) is 1. The Hall–Kier alpha value is -2.95. The highest BCUT2D eigenvalue weighted by Gasteiger charge is 2.31. The molecule has 0 saturated carbocycles. The van der Waals surface area contributed by atoms with Gasteiger partial charge in [-0.05, 0) is 29.7 Å². The van der Waals surface area contributed by atoms with Crippen LogP contribution in [-0.2, 0) is 17.9 Å². The Balaban J connectivity index is 1.43. The summed E-state index contributed by atoms with van der Waals surface area (Å²) >= 11 is 0. The van der Waals surface area contributed by atoms with Gasteiger partial charge in [0.2, 0.25) is 0 Å². The fraction of sp³-hybridized carbons (Fsp3) is 0.269. The first-order valence-electron chi connectivity index (χ1n) is 10.6. The second-order valence-electron chi connectivity index (χ2n) is 7.79. The van der Waals surface area contributed by atoms with Gasteiger partial charge in [-0.1, -0.05) is 78.9 Å². The molecule has 1 N–H and O–H groups in total. The van der Waals surface area contributed by atoms with Gasteiger partial charge in [-0.3, -0.25) is 9.69 Å². The first-order valence-corrected chi connectivity index (χ1v) is 10.6. The van der Waals surface area contributed by atoms with Crippen molar-refractivity contribution in [1.82, 2.24) is 10.2 Å². The number of carbonyl (C=O) groups excluding carboxylic acids is 1. The molecule has 154 valence electrons. The zero-order valence-electron chi connectivity index (χ0n) is 17.1. The van der Waals surface area contributed by atoms with Gasteiger partial charge >= 0.3 is 0 Å². The molecular weight excluding hydrogens is 372 g/mol. The monoisotopic (exact) mass is 400 g/mol. The third-order valence-electron chi connectivity index (χ3n) is 5.55. The molecule has 2 atom stereocenters. The van der Waals surface area contributed by atoms with Crippen molar-refractivity contribution >= 4 is 5.91 Å². The summed E-state index contributed by atoms with van der Waals surface area (Å²) in [7, 11) is 0. The maximum absolute atomic E-state index is 12.7. The van der Waals surface area contributed by atoms with Crippen LogP contribution in [0.2, 0.25) is 0 Å². The van der Waals surface area contributed by atoms with E-state index in [1.807, 2.05) is 54.6 Å². The largest absolute Gasteiger partial charge is 0.370 e. The molecule has 4 nitrogen and oxygen atoms in total. The van der Waals surface area contributed by atoms with Crippen molar-refractivity contribution in [3.63, 3.8) is 0 Å². The number of amides is 1. The maximum Gasteiger partial charge on any atom is 0.251 e. The van der Waals surface area contributed by atoms with Crippen LogP contribution < -0.4 is 5.32 Å². The quantitative estimate of drug-likeness (QED) is 0.644. The molecule has 4 heteroatoms. The molecule has 3 aromatic rings. The average Bonchev–Trinajstić information content (AvgIpc) is 2.81. The number of carbonyl (C=O) groups is 1. The molecule has 1 aliphatic heterocycles. The van der Waals surface area contributed by atoms with Crippen LogP contribution in [0.5, 0.6) is 0 Å². The SMILES string of the molecule is O=C(N[C@@H]1CCN(Cc2ccccc2)C[C@@H]1OCc1ccccc1)c1ccccc1. The van der Waals surface area contributed by atoms with E-state index in [1.54, 1.807) is 0 Å². The summed E-state index contributed by atoms with van der Waals surface area (Å²) in [4.78, 5) is 15.1. The van der Waals surface area contributed by atoms with Gasteiger partial charge in [0.1, 0.15) is 0 Å². The van der Waals surface area contributed by atoms with Crippen LogP contribution in [0.3, 0.4) is 0 Å². The fourth-order valence-electron chi connectivity index (χ4n) is 3.92. The lowest BCUT2D eigenvalue weighted by Gasteiger charge is -2.38. The van der Waals surface area contributed by atoms with E-state index in [1.165, 1.54) is 5.56 Å². The van der Waals surface area contributed by atoms with Gasteiger partial charge < -0.3 is 10.1 Å². The van der Waals surface area contributed by atoms with Crippen molar-refractivity contribution in [2.24, 2.45) is 0 Å². The van der Waals surface area contributed by atoms with E-state index in [2.05, 4.69) is 46.6 Å². The average molecular weight is 401 g/mol. The van der Waals surface area contributed by atoms with E-state index < -0.39 is 0 Å². The third-order valence-corrected chi connectivity index (χ3v) is 5.55. The van der Waals surface area contributed by atoms with E-state index in [0.29, 0.717) is 12.2 Å². The molecule has 30 heavy (non-hydrogen) atoms. The fourth-order valence-corrected chi connectivity index (χ4v) is 3.92. The molecule has 0 unspecified atom stereocenters. The summed E-state index contributed by atoms with van der Waals surface area (Å²) in [6, 6.07) is 30.1. The Morgan fingerprint density at radius 3 is 2.13 bits per heavy atom. The summed E-state index contributed by atoms with van der Waals surface area (Å²) < 4.78 is 6.33.